The van der Waals surface area contributed by atoms with Crippen LogP contribution in [0.5, 0.6) is 0 Å². The van der Waals surface area contributed by atoms with E-state index in [0.29, 0.717) is 0 Å². The zero-order valence-corrected chi connectivity index (χ0v) is 8.26. The van der Waals surface area contributed by atoms with Gasteiger partial charge in [-0.25, -0.2) is 0 Å². The molecule has 2 nitrogen and oxygen atoms in total. The molecule has 0 amide bonds. The molecule has 0 radical (unpaired) electrons. The predicted octanol–water partition coefficient (Wildman–Crippen LogP) is 3.15. The first kappa shape index (κ1) is 7.80. The summed E-state index contributed by atoms with van der Waals surface area (Å²) in [6, 6.07) is 4.02. The van der Waals surface area contributed by atoms with E-state index in [4.69, 9.17) is 4.52 Å². The van der Waals surface area contributed by atoms with E-state index in [9.17, 15) is 0 Å². The maximum absolute atomic E-state index is 5.14. The summed E-state index contributed by atoms with van der Waals surface area (Å²) in [5, 5.41) is 4.82. The van der Waals surface area contributed by atoms with Crippen molar-refractivity contribution in [3.63, 3.8) is 0 Å². The summed E-state index contributed by atoms with van der Waals surface area (Å²) in [4.78, 5) is 0. The molecule has 0 aliphatic rings. The molecule has 0 spiro atoms. The van der Waals surface area contributed by atoms with Crippen molar-refractivity contribution in [1.29, 1.82) is 0 Å². The number of hydrogen-bond donors (Lipinski definition) is 0. The zero-order chi connectivity index (χ0) is 8.55. The molecule has 0 fully saturated rings. The van der Waals surface area contributed by atoms with Gasteiger partial charge in [0.15, 0.2) is 5.58 Å². The fraction of sp³-hybridized carbons (Fsp3) is 0.222. The van der Waals surface area contributed by atoms with Crippen LogP contribution < -0.4 is 0 Å². The molecule has 1 aromatic heterocycles. The van der Waals surface area contributed by atoms with Gasteiger partial charge >= 0.3 is 0 Å². The minimum Gasteiger partial charge on any atom is -0.356 e. The van der Waals surface area contributed by atoms with Gasteiger partial charge in [-0.05, 0) is 18.6 Å². The highest BCUT2D eigenvalue weighted by Gasteiger charge is 2.06. The molecule has 0 aliphatic carbocycles. The van der Waals surface area contributed by atoms with E-state index in [0.717, 1.165) is 21.9 Å². The summed E-state index contributed by atoms with van der Waals surface area (Å²) in [5.74, 6) is 0. The molecule has 2 rings (SSSR count). The quantitative estimate of drug-likeness (QED) is 0.746. The number of fused-ring (bicyclic) bond motifs is 1. The zero-order valence-electron chi connectivity index (χ0n) is 6.67. The maximum Gasteiger partial charge on any atom is 0.171 e. The second-order valence-corrected chi connectivity index (χ2v) is 3.48. The molecule has 0 atom stereocenters. The first-order valence-electron chi connectivity index (χ1n) is 3.84. The van der Waals surface area contributed by atoms with Gasteiger partial charge in [-0.15, -0.1) is 0 Å². The first-order chi connectivity index (χ1) is 5.83. The lowest BCUT2D eigenvalue weighted by Gasteiger charge is -1.99. The topological polar surface area (TPSA) is 26.0 Å². The van der Waals surface area contributed by atoms with Gasteiger partial charge in [0.25, 0.3) is 0 Å². The van der Waals surface area contributed by atoms with Crippen LogP contribution in [0.4, 0.5) is 0 Å². The van der Waals surface area contributed by atoms with Gasteiger partial charge in [0, 0.05) is 15.4 Å². The Hall–Kier alpha value is -0.830. The van der Waals surface area contributed by atoms with Gasteiger partial charge < -0.3 is 4.52 Å². The van der Waals surface area contributed by atoms with Gasteiger partial charge in [0.1, 0.15) is 0 Å². The highest BCUT2D eigenvalue weighted by Crippen LogP contribution is 2.26. The average Bonchev–Trinajstić information content (AvgIpc) is 2.52. The van der Waals surface area contributed by atoms with E-state index < -0.39 is 0 Å². The Bertz CT molecular complexity index is 408. The lowest BCUT2D eigenvalue weighted by molar-refractivity contribution is 0.454. The molecule has 0 N–H and O–H groups in total. The summed E-state index contributed by atoms with van der Waals surface area (Å²) < 4.78 is 6.23. The number of rotatable bonds is 1. The number of nitrogens with zero attached hydrogens (tertiary/aromatic N) is 1. The fourth-order valence-corrected chi connectivity index (χ4v) is 1.89. The summed E-state index contributed by atoms with van der Waals surface area (Å²) in [7, 11) is 0. The molecule has 1 aromatic carbocycles. The average molecular weight is 226 g/mol. The van der Waals surface area contributed by atoms with Crippen molar-refractivity contribution >= 4 is 26.9 Å². The molecule has 0 saturated carbocycles. The molecule has 0 saturated heterocycles. The second-order valence-electron chi connectivity index (χ2n) is 2.62. The third kappa shape index (κ3) is 1.05. The molecule has 2 aromatic rings. The van der Waals surface area contributed by atoms with Crippen LogP contribution in [0.1, 0.15) is 12.5 Å². The van der Waals surface area contributed by atoms with Crippen LogP contribution in [0.15, 0.2) is 27.3 Å². The van der Waals surface area contributed by atoms with Crippen LogP contribution in [0.2, 0.25) is 0 Å². The van der Waals surface area contributed by atoms with Gasteiger partial charge in [-0.2, -0.15) is 0 Å². The van der Waals surface area contributed by atoms with Crippen LogP contribution in [-0.2, 0) is 6.42 Å². The molecular formula is C9H8BrNO. The van der Waals surface area contributed by atoms with Crippen molar-refractivity contribution in [3.8, 4) is 0 Å². The van der Waals surface area contributed by atoms with E-state index in [1.807, 2.05) is 12.1 Å². The molecule has 1 heterocycles. The van der Waals surface area contributed by atoms with Gasteiger partial charge in [0.05, 0.1) is 6.20 Å². The molecular weight excluding hydrogens is 218 g/mol. The lowest BCUT2D eigenvalue weighted by Crippen LogP contribution is -1.82. The Morgan fingerprint density at radius 2 is 2.33 bits per heavy atom. The normalized spacial score (nSPS) is 10.8. The standard InChI is InChI=1S/C9H8BrNO/c1-2-7-8(10)4-3-6-5-11-12-9(6)7/h3-5H,2H2,1H3. The highest BCUT2D eigenvalue weighted by molar-refractivity contribution is 9.10. The number of hydrogen-bond acceptors (Lipinski definition) is 2. The van der Waals surface area contributed by atoms with E-state index in [1.165, 1.54) is 5.56 Å². The lowest BCUT2D eigenvalue weighted by atomic mass is 10.1. The minimum atomic E-state index is 0.895. The van der Waals surface area contributed by atoms with Gasteiger partial charge in [-0.1, -0.05) is 28.0 Å². The molecule has 0 bridgehead atoms. The van der Waals surface area contributed by atoms with Crippen LogP contribution in [0.3, 0.4) is 0 Å². The third-order valence-electron chi connectivity index (χ3n) is 1.92. The molecule has 0 aliphatic heterocycles. The maximum atomic E-state index is 5.14. The summed E-state index contributed by atoms with van der Waals surface area (Å²) in [6.45, 7) is 2.10. The van der Waals surface area contributed by atoms with Crippen molar-refractivity contribution in [2.75, 3.05) is 0 Å². The molecule has 12 heavy (non-hydrogen) atoms. The van der Waals surface area contributed by atoms with E-state index >= 15 is 0 Å². The number of aryl methyl sites for hydroxylation is 1. The summed E-state index contributed by atoms with van der Waals surface area (Å²) in [6.07, 6.45) is 2.69. The minimum absolute atomic E-state index is 0.895. The third-order valence-corrected chi connectivity index (χ3v) is 2.67. The van der Waals surface area contributed by atoms with Crippen LogP contribution >= 0.6 is 15.9 Å². The number of aromatic nitrogens is 1. The Kier molecular flexibility index (Phi) is 1.89. The number of halogens is 1. The number of benzene rings is 1. The van der Waals surface area contributed by atoms with Gasteiger partial charge in [-0.3, -0.25) is 0 Å². The van der Waals surface area contributed by atoms with Crippen LogP contribution in [0.25, 0.3) is 11.0 Å². The Labute approximate surface area is 78.7 Å². The molecule has 0 unspecified atom stereocenters. The van der Waals surface area contributed by atoms with Crippen molar-refractivity contribution in [2.24, 2.45) is 0 Å². The van der Waals surface area contributed by atoms with Crippen molar-refractivity contribution in [1.82, 2.24) is 5.16 Å². The molecule has 62 valence electrons. The van der Waals surface area contributed by atoms with Crippen LogP contribution in [0, 0.1) is 0 Å². The largest absolute Gasteiger partial charge is 0.356 e. The van der Waals surface area contributed by atoms with Crippen molar-refractivity contribution in [2.45, 2.75) is 13.3 Å². The summed E-state index contributed by atoms with van der Waals surface area (Å²) >= 11 is 3.47. The Balaban J connectivity index is 2.83. The van der Waals surface area contributed by atoms with Crippen LogP contribution in [-0.4, -0.2) is 5.16 Å². The predicted molar refractivity (Wildman–Crippen MR) is 51.1 cm³/mol. The van der Waals surface area contributed by atoms with Crippen molar-refractivity contribution in [3.05, 3.63) is 28.4 Å². The van der Waals surface area contributed by atoms with E-state index in [1.54, 1.807) is 6.20 Å². The van der Waals surface area contributed by atoms with Crippen molar-refractivity contribution < 1.29 is 4.52 Å². The Morgan fingerprint density at radius 3 is 3.08 bits per heavy atom. The Morgan fingerprint density at radius 1 is 1.50 bits per heavy atom. The fourth-order valence-electron chi connectivity index (χ4n) is 1.30. The monoisotopic (exact) mass is 225 g/mol. The SMILES string of the molecule is CCc1c(Br)ccc2cnoc12. The molecule has 3 heteroatoms. The first-order valence-corrected chi connectivity index (χ1v) is 4.64. The van der Waals surface area contributed by atoms with E-state index in [2.05, 4.69) is 28.0 Å². The second kappa shape index (κ2) is 2.90. The smallest absolute Gasteiger partial charge is 0.171 e. The highest BCUT2D eigenvalue weighted by atomic mass is 79.9. The van der Waals surface area contributed by atoms with E-state index in [-0.39, 0.29) is 0 Å². The van der Waals surface area contributed by atoms with Gasteiger partial charge in [0.2, 0.25) is 0 Å². The summed E-state index contributed by atoms with van der Waals surface area (Å²) in [5.41, 5.74) is 2.08.